The van der Waals surface area contributed by atoms with Gasteiger partial charge >= 0.3 is 6.18 Å². The van der Waals surface area contributed by atoms with E-state index >= 15 is 0 Å². The molecule has 164 valence electrons. The second kappa shape index (κ2) is 7.14. The summed E-state index contributed by atoms with van der Waals surface area (Å²) < 4.78 is 40.8. The average Bonchev–Trinajstić information content (AvgIpc) is 3.31. The Bertz CT molecular complexity index is 1340. The minimum atomic E-state index is -4.43. The van der Waals surface area contributed by atoms with Crippen molar-refractivity contribution in [3.8, 4) is 11.4 Å². The van der Waals surface area contributed by atoms with Crippen LogP contribution in [0.25, 0.3) is 17.0 Å². The second-order valence-electron chi connectivity index (χ2n) is 7.83. The number of thiazole rings is 1. The number of rotatable bonds is 4. The minimum Gasteiger partial charge on any atom is -0.298 e. The zero-order valence-electron chi connectivity index (χ0n) is 16.8. The van der Waals surface area contributed by atoms with Crippen LogP contribution in [0.15, 0.2) is 48.0 Å². The van der Waals surface area contributed by atoms with E-state index in [-0.39, 0.29) is 11.1 Å². The molecule has 6 nitrogen and oxygen atoms in total. The Morgan fingerprint density at radius 2 is 1.91 bits per heavy atom. The number of carbonyl (C=O) groups excluding carboxylic acids is 1. The van der Waals surface area contributed by atoms with Crippen LogP contribution in [-0.4, -0.2) is 25.5 Å². The average molecular weight is 458 g/mol. The van der Waals surface area contributed by atoms with Gasteiger partial charge in [0.1, 0.15) is 16.3 Å². The Balaban J connectivity index is 1.51. The van der Waals surface area contributed by atoms with E-state index in [9.17, 15) is 18.0 Å². The van der Waals surface area contributed by atoms with Gasteiger partial charge in [0.15, 0.2) is 0 Å². The standard InChI is InChI=1S/C22H17F3N4O2S/c1-12-18(29-9-6-15(22(23,24)25)10-17(29)26-12)16-11-32-20(27-16)21(7-8-21)14-4-2-13(3-5-14)19(30)28-31/h2-6,9-11,31H,7-8H2,1H3,(H,28,30). The fraction of sp³-hybridized carbons (Fsp3) is 0.227. The van der Waals surface area contributed by atoms with Crippen molar-refractivity contribution in [1.29, 1.82) is 0 Å². The van der Waals surface area contributed by atoms with Crippen LogP contribution in [0, 0.1) is 6.92 Å². The molecular formula is C22H17F3N4O2S. The van der Waals surface area contributed by atoms with Crippen LogP contribution in [0.4, 0.5) is 13.2 Å². The molecule has 1 fully saturated rings. The van der Waals surface area contributed by atoms with Crippen LogP contribution in [0.1, 0.15) is 45.0 Å². The van der Waals surface area contributed by atoms with Crippen molar-refractivity contribution >= 4 is 22.9 Å². The number of alkyl halides is 3. The van der Waals surface area contributed by atoms with E-state index in [2.05, 4.69) is 4.98 Å². The molecule has 1 aromatic carbocycles. The number of nitrogens with zero attached hydrogens (tertiary/aromatic N) is 3. The lowest BCUT2D eigenvalue weighted by atomic mass is 9.95. The number of aryl methyl sites for hydroxylation is 1. The Labute approximate surface area is 184 Å². The van der Waals surface area contributed by atoms with Crippen molar-refractivity contribution in [2.24, 2.45) is 0 Å². The first-order valence-electron chi connectivity index (χ1n) is 9.80. The van der Waals surface area contributed by atoms with Gasteiger partial charge in [-0.25, -0.2) is 15.4 Å². The molecule has 0 spiro atoms. The summed E-state index contributed by atoms with van der Waals surface area (Å²) in [5.74, 6) is -0.574. The third-order valence-corrected chi connectivity index (χ3v) is 6.88. The van der Waals surface area contributed by atoms with Crippen LogP contribution >= 0.6 is 11.3 Å². The van der Waals surface area contributed by atoms with Gasteiger partial charge in [0.25, 0.3) is 5.91 Å². The fourth-order valence-electron chi connectivity index (χ4n) is 4.01. The van der Waals surface area contributed by atoms with Crippen LogP contribution in [0.2, 0.25) is 0 Å². The first-order valence-corrected chi connectivity index (χ1v) is 10.7. The molecule has 0 atom stereocenters. The smallest absolute Gasteiger partial charge is 0.298 e. The van der Waals surface area contributed by atoms with Gasteiger partial charge in [-0.1, -0.05) is 12.1 Å². The summed E-state index contributed by atoms with van der Waals surface area (Å²) >= 11 is 1.50. The molecule has 3 aromatic heterocycles. The van der Waals surface area contributed by atoms with Crippen LogP contribution in [-0.2, 0) is 11.6 Å². The topological polar surface area (TPSA) is 79.5 Å². The number of nitrogens with one attached hydrogen (secondary N) is 1. The number of fused-ring (bicyclic) bond motifs is 1. The zero-order valence-corrected chi connectivity index (χ0v) is 17.6. The van der Waals surface area contributed by atoms with Gasteiger partial charge in [-0.3, -0.25) is 14.4 Å². The molecule has 5 rings (SSSR count). The molecule has 3 heterocycles. The fourth-order valence-corrected chi connectivity index (χ4v) is 5.09. The van der Waals surface area contributed by atoms with Gasteiger partial charge in [-0.05, 0) is 49.6 Å². The summed E-state index contributed by atoms with van der Waals surface area (Å²) in [6.07, 6.45) is -1.23. The highest BCUT2D eigenvalue weighted by Gasteiger charge is 2.48. The molecular weight excluding hydrogens is 441 g/mol. The molecule has 1 saturated carbocycles. The third-order valence-electron chi connectivity index (χ3n) is 5.84. The van der Waals surface area contributed by atoms with Crippen LogP contribution in [0.5, 0.6) is 0 Å². The Hall–Kier alpha value is -3.24. The van der Waals surface area contributed by atoms with Crippen LogP contribution in [0.3, 0.4) is 0 Å². The van der Waals surface area contributed by atoms with Gasteiger partial charge in [-0.2, -0.15) is 13.2 Å². The maximum Gasteiger partial charge on any atom is 0.416 e. The molecule has 2 N–H and O–H groups in total. The van der Waals surface area contributed by atoms with Crippen molar-refractivity contribution in [3.63, 3.8) is 0 Å². The summed E-state index contributed by atoms with van der Waals surface area (Å²) in [7, 11) is 0. The molecule has 1 amide bonds. The summed E-state index contributed by atoms with van der Waals surface area (Å²) in [6, 6.07) is 9.10. The van der Waals surface area contributed by atoms with E-state index in [0.717, 1.165) is 35.5 Å². The number of pyridine rings is 1. The summed E-state index contributed by atoms with van der Waals surface area (Å²) in [5, 5.41) is 11.6. The largest absolute Gasteiger partial charge is 0.416 e. The van der Waals surface area contributed by atoms with Gasteiger partial charge in [0.2, 0.25) is 0 Å². The Morgan fingerprint density at radius 3 is 2.53 bits per heavy atom. The highest BCUT2D eigenvalue weighted by Crippen LogP contribution is 2.54. The lowest BCUT2D eigenvalue weighted by Gasteiger charge is -2.13. The summed E-state index contributed by atoms with van der Waals surface area (Å²) in [6.45, 7) is 1.76. The molecule has 10 heteroatoms. The monoisotopic (exact) mass is 458 g/mol. The van der Waals surface area contributed by atoms with E-state index in [1.54, 1.807) is 28.9 Å². The third kappa shape index (κ3) is 3.26. The number of hydrogen-bond acceptors (Lipinski definition) is 5. The van der Waals surface area contributed by atoms with E-state index in [4.69, 9.17) is 10.2 Å². The van der Waals surface area contributed by atoms with Crippen molar-refractivity contribution in [2.45, 2.75) is 31.4 Å². The van der Waals surface area contributed by atoms with Gasteiger partial charge in [0, 0.05) is 22.6 Å². The number of hydroxylamine groups is 1. The number of benzene rings is 1. The number of imidazole rings is 1. The molecule has 0 bridgehead atoms. The normalized spacial score (nSPS) is 15.2. The molecule has 0 saturated heterocycles. The van der Waals surface area contributed by atoms with E-state index < -0.39 is 17.6 Å². The van der Waals surface area contributed by atoms with Crippen molar-refractivity contribution in [1.82, 2.24) is 19.8 Å². The first kappa shape index (κ1) is 20.7. The van der Waals surface area contributed by atoms with E-state index in [1.807, 2.05) is 17.5 Å². The molecule has 0 unspecified atom stereocenters. The van der Waals surface area contributed by atoms with Crippen molar-refractivity contribution in [3.05, 3.63) is 75.4 Å². The minimum absolute atomic E-state index is 0.223. The first-order chi connectivity index (χ1) is 15.2. The quantitative estimate of drug-likeness (QED) is 0.334. The number of hydrogen-bond donors (Lipinski definition) is 2. The highest BCUT2D eigenvalue weighted by atomic mass is 32.1. The van der Waals surface area contributed by atoms with Gasteiger partial charge < -0.3 is 0 Å². The molecule has 0 radical (unpaired) electrons. The Kier molecular flexibility index (Phi) is 4.61. The van der Waals surface area contributed by atoms with Crippen molar-refractivity contribution in [2.75, 3.05) is 0 Å². The number of aromatic nitrogens is 3. The highest BCUT2D eigenvalue weighted by molar-refractivity contribution is 7.10. The maximum atomic E-state index is 13.1. The molecule has 0 aliphatic heterocycles. The molecule has 1 aliphatic carbocycles. The van der Waals surface area contributed by atoms with E-state index in [1.165, 1.54) is 17.5 Å². The number of halogens is 3. The molecule has 32 heavy (non-hydrogen) atoms. The lowest BCUT2D eigenvalue weighted by molar-refractivity contribution is -0.137. The SMILES string of the molecule is Cc1nc2cc(C(F)(F)F)ccn2c1-c1csc(C2(c3ccc(C(=O)NO)cc3)CC2)n1. The molecule has 1 aliphatic rings. The number of carbonyl (C=O) groups is 1. The second-order valence-corrected chi connectivity index (χ2v) is 8.68. The Morgan fingerprint density at radius 1 is 1.19 bits per heavy atom. The zero-order chi connectivity index (χ0) is 22.7. The summed E-state index contributed by atoms with van der Waals surface area (Å²) in [5.41, 5.74) is 4.17. The predicted octanol–water partition coefficient (Wildman–Crippen LogP) is 4.98. The van der Waals surface area contributed by atoms with Gasteiger partial charge in [-0.15, -0.1) is 11.3 Å². The van der Waals surface area contributed by atoms with Gasteiger partial charge in [0.05, 0.1) is 17.0 Å². The summed E-state index contributed by atoms with van der Waals surface area (Å²) in [4.78, 5) is 20.7. The maximum absolute atomic E-state index is 13.1. The predicted molar refractivity (Wildman–Crippen MR) is 112 cm³/mol. The number of amides is 1. The molecule has 4 aromatic rings. The lowest BCUT2D eigenvalue weighted by Crippen LogP contribution is -2.18. The van der Waals surface area contributed by atoms with Crippen LogP contribution < -0.4 is 5.48 Å². The van der Waals surface area contributed by atoms with E-state index in [0.29, 0.717) is 22.6 Å². The van der Waals surface area contributed by atoms with Crippen molar-refractivity contribution < 1.29 is 23.2 Å².